The Bertz CT molecular complexity index is 922. The summed E-state index contributed by atoms with van der Waals surface area (Å²) >= 11 is 0. The van der Waals surface area contributed by atoms with Crippen molar-refractivity contribution in [1.82, 2.24) is 9.97 Å². The van der Waals surface area contributed by atoms with E-state index in [1.165, 1.54) is 0 Å². The van der Waals surface area contributed by atoms with E-state index in [1.54, 1.807) is 12.4 Å². The Morgan fingerprint density at radius 2 is 1.09 bits per heavy atom. The first kappa shape index (κ1) is 13.1. The summed E-state index contributed by atoms with van der Waals surface area (Å²) in [5, 5.41) is 3.51. The molecule has 0 unspecified atom stereocenters. The molecule has 105 valence electrons. The van der Waals surface area contributed by atoms with E-state index in [0.717, 1.165) is 32.4 Å². The molecule has 2 aromatic heterocycles. The Balaban J connectivity index is 1.97. The van der Waals surface area contributed by atoms with Gasteiger partial charge in [-0.3, -0.25) is 14.5 Å². The molecule has 0 aliphatic carbocycles. The maximum Gasteiger partial charge on any atom is 0.141 e. The van der Waals surface area contributed by atoms with Crippen LogP contribution in [0.4, 0.5) is 0 Å². The van der Waals surface area contributed by atoms with E-state index in [1.807, 2.05) is 60.7 Å². The highest BCUT2D eigenvalue weighted by Gasteiger charge is 2.15. The third-order valence-corrected chi connectivity index (χ3v) is 5.26. The average Bonchev–Trinajstić information content (AvgIpc) is 2.60. The summed E-state index contributed by atoms with van der Waals surface area (Å²) in [6.07, 6.45) is 3.46. The molecule has 0 saturated heterocycles. The number of fused-ring (bicyclic) bond motifs is 2. The highest BCUT2D eigenvalue weighted by atomic mass is 31.1. The second-order valence-corrected chi connectivity index (χ2v) is 6.55. The molecule has 0 saturated carbocycles. The number of pyridine rings is 2. The first-order chi connectivity index (χ1) is 10.8. The molecule has 0 amide bonds. The van der Waals surface area contributed by atoms with Gasteiger partial charge in [0.05, 0.1) is 21.6 Å². The number of para-hydroxylation sites is 2. The summed E-state index contributed by atoms with van der Waals surface area (Å²) in [4.78, 5) is 8.81. The van der Waals surface area contributed by atoms with E-state index in [-0.39, 0.29) is 0 Å². The summed E-state index contributed by atoms with van der Waals surface area (Å²) in [5.41, 5.74) is 1.58. The van der Waals surface area contributed by atoms with Crippen LogP contribution in [0.1, 0.15) is 0 Å². The molecule has 1 radical (unpaired) electrons. The Kier molecular flexibility index (Phi) is 3.14. The molecular weight excluding hydrogens is 291 g/mol. The van der Waals surface area contributed by atoms with Crippen LogP contribution in [0.15, 0.2) is 73.1 Å². The van der Waals surface area contributed by atoms with Gasteiger partial charge in [-0.25, -0.2) is 0 Å². The number of hydrogen-bond donors (Lipinski definition) is 0. The van der Waals surface area contributed by atoms with Gasteiger partial charge in [0.1, 0.15) is 7.80 Å². The molecule has 0 aliphatic heterocycles. The average molecular weight is 303 g/mol. The van der Waals surface area contributed by atoms with Gasteiger partial charge in [0.2, 0.25) is 0 Å². The largest absolute Gasteiger partial charge is 0.276 e. The van der Waals surface area contributed by atoms with Crippen molar-refractivity contribution in [3.05, 3.63) is 73.1 Å². The minimum Gasteiger partial charge on any atom is -0.276 e. The smallest absolute Gasteiger partial charge is 0.141 e. The zero-order chi connectivity index (χ0) is 14.9. The number of benzene rings is 2. The molecule has 22 heavy (non-hydrogen) atoms. The van der Waals surface area contributed by atoms with E-state index < -0.39 is 7.80 Å². The maximum absolute atomic E-state index is 13.1. The second kappa shape index (κ2) is 5.28. The first-order valence-electron chi connectivity index (χ1n) is 6.99. The summed E-state index contributed by atoms with van der Waals surface area (Å²) < 4.78 is 13.1. The fraction of sp³-hybridized carbons (Fsp3) is 0. The zero-order valence-electron chi connectivity index (χ0n) is 11.7. The van der Waals surface area contributed by atoms with Gasteiger partial charge in [-0.1, -0.05) is 36.4 Å². The van der Waals surface area contributed by atoms with E-state index in [0.29, 0.717) is 0 Å². The van der Waals surface area contributed by atoms with E-state index in [9.17, 15) is 4.57 Å². The van der Waals surface area contributed by atoms with Gasteiger partial charge in [-0.05, 0) is 24.3 Å². The number of nitrogens with zero attached hydrogens (tertiary/aromatic N) is 2. The molecule has 4 rings (SSSR count). The van der Waals surface area contributed by atoms with Crippen LogP contribution in [0.25, 0.3) is 21.8 Å². The van der Waals surface area contributed by atoms with Crippen molar-refractivity contribution >= 4 is 40.2 Å². The molecule has 0 spiro atoms. The number of aromatic nitrogens is 2. The highest BCUT2D eigenvalue weighted by molar-refractivity contribution is 7.62. The lowest BCUT2D eigenvalue weighted by molar-refractivity contribution is 0.598. The fourth-order valence-corrected chi connectivity index (χ4v) is 4.09. The lowest BCUT2D eigenvalue weighted by atomic mass is 10.2. The summed E-state index contributed by atoms with van der Waals surface area (Å²) in [5.74, 6) is 0. The van der Waals surface area contributed by atoms with Gasteiger partial charge in [0, 0.05) is 23.2 Å². The molecule has 0 fully saturated rings. The normalized spacial score (nSPS) is 10.9. The Morgan fingerprint density at radius 1 is 0.636 bits per heavy atom. The molecule has 4 heteroatoms. The third kappa shape index (κ3) is 2.07. The van der Waals surface area contributed by atoms with Crippen LogP contribution >= 0.6 is 7.80 Å². The van der Waals surface area contributed by atoms with Crippen molar-refractivity contribution in [2.75, 3.05) is 0 Å². The van der Waals surface area contributed by atoms with Gasteiger partial charge in [0.25, 0.3) is 0 Å². The Labute approximate surface area is 128 Å². The van der Waals surface area contributed by atoms with Gasteiger partial charge in [0.15, 0.2) is 0 Å². The van der Waals surface area contributed by atoms with Crippen LogP contribution in [0.2, 0.25) is 0 Å². The van der Waals surface area contributed by atoms with Crippen molar-refractivity contribution < 1.29 is 4.57 Å². The minimum atomic E-state index is -1.75. The highest BCUT2D eigenvalue weighted by Crippen LogP contribution is 2.27. The van der Waals surface area contributed by atoms with Crippen LogP contribution in [0.5, 0.6) is 0 Å². The lowest BCUT2D eigenvalue weighted by Gasteiger charge is -2.07. The maximum atomic E-state index is 13.1. The topological polar surface area (TPSA) is 42.9 Å². The Morgan fingerprint density at radius 3 is 1.59 bits per heavy atom. The van der Waals surface area contributed by atoms with Gasteiger partial charge >= 0.3 is 0 Å². The molecule has 0 aliphatic rings. The molecule has 4 aromatic rings. The molecule has 0 bridgehead atoms. The van der Waals surface area contributed by atoms with Crippen molar-refractivity contribution in [3.63, 3.8) is 0 Å². The van der Waals surface area contributed by atoms with Crippen LogP contribution < -0.4 is 10.6 Å². The summed E-state index contributed by atoms with van der Waals surface area (Å²) in [6, 6.07) is 19.3. The van der Waals surface area contributed by atoms with Gasteiger partial charge in [-0.2, -0.15) is 0 Å². The second-order valence-electron chi connectivity index (χ2n) is 5.00. The Hall–Kier alpha value is -2.64. The molecular formula is C18H12N2OP. The molecule has 2 aromatic carbocycles. The predicted molar refractivity (Wildman–Crippen MR) is 90.4 cm³/mol. The number of rotatable bonds is 2. The van der Waals surface area contributed by atoms with Gasteiger partial charge < -0.3 is 0 Å². The molecule has 2 heterocycles. The third-order valence-electron chi connectivity index (χ3n) is 3.66. The van der Waals surface area contributed by atoms with Crippen LogP contribution in [-0.4, -0.2) is 9.97 Å². The quantitative estimate of drug-likeness (QED) is 0.532. The first-order valence-corrected chi connectivity index (χ1v) is 8.25. The van der Waals surface area contributed by atoms with Crippen LogP contribution in [-0.2, 0) is 4.57 Å². The van der Waals surface area contributed by atoms with Crippen LogP contribution in [0, 0.1) is 0 Å². The molecule has 0 atom stereocenters. The van der Waals surface area contributed by atoms with Crippen molar-refractivity contribution in [1.29, 1.82) is 0 Å². The summed E-state index contributed by atoms with van der Waals surface area (Å²) in [6.45, 7) is 0. The fourth-order valence-electron chi connectivity index (χ4n) is 2.63. The number of hydrogen-bond acceptors (Lipinski definition) is 3. The van der Waals surface area contributed by atoms with E-state index in [2.05, 4.69) is 9.97 Å². The standard InChI is InChI=1S/C18H12N2OP/c21-22(15-9-1-5-13-7-3-11-19-17(13)15)16-10-2-6-14-8-4-12-20-18(14)16/h1-12H. The van der Waals surface area contributed by atoms with E-state index in [4.69, 9.17) is 0 Å². The van der Waals surface area contributed by atoms with Gasteiger partial charge in [-0.15, -0.1) is 0 Å². The SMILES string of the molecule is O=[P](c1cccc2cccnc12)c1cccc2cccnc12. The van der Waals surface area contributed by atoms with Crippen molar-refractivity contribution in [2.24, 2.45) is 0 Å². The predicted octanol–water partition coefficient (Wildman–Crippen LogP) is 3.56. The lowest BCUT2D eigenvalue weighted by Crippen LogP contribution is -2.10. The van der Waals surface area contributed by atoms with Crippen molar-refractivity contribution in [2.45, 2.75) is 0 Å². The van der Waals surface area contributed by atoms with Crippen molar-refractivity contribution in [3.8, 4) is 0 Å². The minimum absolute atomic E-state index is 0.756. The molecule has 0 N–H and O–H groups in total. The van der Waals surface area contributed by atoms with Crippen LogP contribution in [0.3, 0.4) is 0 Å². The summed E-state index contributed by atoms with van der Waals surface area (Å²) in [7, 11) is -1.75. The van der Waals surface area contributed by atoms with E-state index >= 15 is 0 Å². The monoisotopic (exact) mass is 303 g/mol. The molecule has 3 nitrogen and oxygen atoms in total. The zero-order valence-corrected chi connectivity index (χ0v) is 12.6.